The van der Waals surface area contributed by atoms with Gasteiger partial charge in [0.1, 0.15) is 5.82 Å². The fraction of sp³-hybridized carbons (Fsp3) is 0.750. The van der Waals surface area contributed by atoms with Crippen molar-refractivity contribution in [3.8, 4) is 0 Å². The van der Waals surface area contributed by atoms with Crippen LogP contribution in [0, 0.1) is 5.41 Å². The fourth-order valence-electron chi connectivity index (χ4n) is 6.31. The Morgan fingerprint density at radius 3 is 2.82 bits per heavy atom. The molecule has 4 aliphatic rings. The lowest BCUT2D eigenvalue weighted by Gasteiger charge is -2.39. The molecular weight excluding hydrogens is 449 g/mol. The van der Waals surface area contributed by atoms with Gasteiger partial charge >= 0.3 is 6.18 Å². The van der Waals surface area contributed by atoms with Gasteiger partial charge in [-0.05, 0) is 44.2 Å². The second kappa shape index (κ2) is 8.95. The number of alkyl halides is 3. The zero-order valence-electron chi connectivity index (χ0n) is 19.7. The van der Waals surface area contributed by atoms with Crippen LogP contribution in [0.5, 0.6) is 0 Å². The number of hydrogen-bond acceptors (Lipinski definition) is 6. The molecule has 188 valence electrons. The fourth-order valence-corrected chi connectivity index (χ4v) is 6.31. The van der Waals surface area contributed by atoms with E-state index in [-0.39, 0.29) is 36.2 Å². The maximum Gasteiger partial charge on any atom is 0.416 e. The number of aromatic nitrogens is 1. The number of rotatable bonds is 5. The third-order valence-electron chi connectivity index (χ3n) is 8.18. The topological polar surface area (TPSA) is 66.9 Å². The first-order valence-corrected chi connectivity index (χ1v) is 12.2. The minimum absolute atomic E-state index is 0.00792. The van der Waals surface area contributed by atoms with Crippen LogP contribution in [-0.2, 0) is 20.4 Å². The van der Waals surface area contributed by atoms with Crippen molar-refractivity contribution in [1.29, 1.82) is 0 Å². The summed E-state index contributed by atoms with van der Waals surface area (Å²) < 4.78 is 50.5. The van der Waals surface area contributed by atoms with E-state index in [0.29, 0.717) is 32.1 Å². The number of fused-ring (bicyclic) bond motifs is 2. The summed E-state index contributed by atoms with van der Waals surface area (Å²) in [7, 11) is 1.71. The van der Waals surface area contributed by atoms with Gasteiger partial charge in [-0.2, -0.15) is 13.2 Å². The van der Waals surface area contributed by atoms with Crippen LogP contribution in [-0.4, -0.2) is 79.5 Å². The van der Waals surface area contributed by atoms with Gasteiger partial charge in [-0.25, -0.2) is 4.98 Å². The summed E-state index contributed by atoms with van der Waals surface area (Å²) in [4.78, 5) is 21.7. The Morgan fingerprint density at radius 1 is 1.29 bits per heavy atom. The second-order valence-electron chi connectivity index (χ2n) is 10.5. The molecular formula is C24H33F3N4O3. The second-order valence-corrected chi connectivity index (χ2v) is 10.5. The van der Waals surface area contributed by atoms with Gasteiger partial charge in [-0.1, -0.05) is 6.92 Å². The highest BCUT2D eigenvalue weighted by atomic mass is 19.4. The maximum atomic E-state index is 13.6. The first kappa shape index (κ1) is 23.8. The molecule has 1 aromatic rings. The highest BCUT2D eigenvalue weighted by Gasteiger charge is 2.52. The van der Waals surface area contributed by atoms with Gasteiger partial charge in [-0.3, -0.25) is 4.79 Å². The largest absolute Gasteiger partial charge is 0.416 e. The van der Waals surface area contributed by atoms with Gasteiger partial charge < -0.3 is 24.6 Å². The van der Waals surface area contributed by atoms with E-state index in [1.54, 1.807) is 7.11 Å². The summed E-state index contributed by atoms with van der Waals surface area (Å²) in [6.07, 6.45) is 1.08. The average molecular weight is 483 g/mol. The molecule has 1 aliphatic carbocycles. The normalized spacial score (nSPS) is 35.9. The molecule has 0 aromatic carbocycles. The molecule has 1 saturated carbocycles. The Labute approximate surface area is 198 Å². The summed E-state index contributed by atoms with van der Waals surface area (Å²) in [5.74, 6) is 0.520. The van der Waals surface area contributed by atoms with Crippen LogP contribution < -0.4 is 10.2 Å². The van der Waals surface area contributed by atoms with E-state index in [1.165, 1.54) is 6.20 Å². The minimum atomic E-state index is -4.39. The lowest BCUT2D eigenvalue weighted by molar-refractivity contribution is -0.142. The van der Waals surface area contributed by atoms with E-state index in [0.717, 1.165) is 44.2 Å². The van der Waals surface area contributed by atoms with Crippen molar-refractivity contribution in [3.63, 3.8) is 0 Å². The molecule has 1 N–H and O–H groups in total. The van der Waals surface area contributed by atoms with Crippen LogP contribution in [0.2, 0.25) is 0 Å². The quantitative estimate of drug-likeness (QED) is 0.696. The van der Waals surface area contributed by atoms with Crippen molar-refractivity contribution in [2.24, 2.45) is 5.41 Å². The maximum absolute atomic E-state index is 13.6. The molecule has 0 spiro atoms. The third-order valence-corrected chi connectivity index (χ3v) is 8.18. The van der Waals surface area contributed by atoms with Gasteiger partial charge in [0.25, 0.3) is 0 Å². The molecule has 3 saturated heterocycles. The van der Waals surface area contributed by atoms with Crippen molar-refractivity contribution in [1.82, 2.24) is 15.2 Å². The number of anilines is 1. The Bertz CT molecular complexity index is 916. The summed E-state index contributed by atoms with van der Waals surface area (Å²) in [6, 6.07) is 2.64. The van der Waals surface area contributed by atoms with E-state index in [2.05, 4.69) is 17.2 Å². The number of halogens is 3. The number of methoxy groups -OCH3 is 1. The van der Waals surface area contributed by atoms with Crippen LogP contribution in [0.3, 0.4) is 0 Å². The Kier molecular flexibility index (Phi) is 6.27. The predicted octanol–water partition coefficient (Wildman–Crippen LogP) is 2.84. The molecule has 7 nitrogen and oxygen atoms in total. The number of carbonyl (C=O) groups excluding carboxylic acids is 1. The molecule has 1 aromatic heterocycles. The Hall–Kier alpha value is -1.91. The van der Waals surface area contributed by atoms with Gasteiger partial charge in [-0.15, -0.1) is 0 Å². The Morgan fingerprint density at radius 2 is 2.12 bits per heavy atom. The van der Waals surface area contributed by atoms with Crippen molar-refractivity contribution >= 4 is 11.7 Å². The van der Waals surface area contributed by atoms with Gasteiger partial charge in [0, 0.05) is 50.5 Å². The number of nitrogens with one attached hydrogen (secondary N) is 1. The van der Waals surface area contributed by atoms with Crippen molar-refractivity contribution in [2.45, 2.75) is 75.5 Å². The standard InChI is InChI=1S/C24H33F3N4O3/c1-23(6-3-16(11-23)29-19-5-8-34-14-20(19)33-2)22(32)31-13-17-10-18(31)12-30(17)21-9-15(4-7-28-21)24(25,26)27/h4,7,9,16-20,29H,3,5-6,8,10-14H2,1-2H3/t16-,17+,18+,19+,20-,23+/m1/s1. The van der Waals surface area contributed by atoms with Crippen LogP contribution in [0.15, 0.2) is 18.3 Å². The van der Waals surface area contributed by atoms with Crippen molar-refractivity contribution in [3.05, 3.63) is 23.9 Å². The van der Waals surface area contributed by atoms with E-state index in [4.69, 9.17) is 9.47 Å². The average Bonchev–Trinajstić information content (AvgIpc) is 3.53. The number of piperazine rings is 1. The highest BCUT2D eigenvalue weighted by Crippen LogP contribution is 2.44. The zero-order chi connectivity index (χ0) is 24.1. The van der Waals surface area contributed by atoms with E-state index >= 15 is 0 Å². The summed E-state index contributed by atoms with van der Waals surface area (Å²) >= 11 is 0. The van der Waals surface area contributed by atoms with Gasteiger partial charge in [0.05, 0.1) is 30.4 Å². The van der Waals surface area contributed by atoms with Gasteiger partial charge in [0.15, 0.2) is 0 Å². The number of nitrogens with zero attached hydrogens (tertiary/aromatic N) is 3. The van der Waals surface area contributed by atoms with Crippen LogP contribution in [0.4, 0.5) is 19.0 Å². The minimum Gasteiger partial charge on any atom is -0.379 e. The van der Waals surface area contributed by atoms with Gasteiger partial charge in [0.2, 0.25) is 5.91 Å². The molecule has 34 heavy (non-hydrogen) atoms. The lowest BCUT2D eigenvalue weighted by Crippen LogP contribution is -2.53. The molecule has 0 unspecified atom stereocenters. The molecule has 1 amide bonds. The smallest absolute Gasteiger partial charge is 0.379 e. The van der Waals surface area contributed by atoms with Crippen LogP contribution >= 0.6 is 0 Å². The van der Waals surface area contributed by atoms with E-state index < -0.39 is 17.2 Å². The number of ether oxygens (including phenoxy) is 2. The highest BCUT2D eigenvalue weighted by molar-refractivity contribution is 5.84. The number of carbonyl (C=O) groups is 1. The van der Waals surface area contributed by atoms with E-state index in [1.807, 2.05) is 9.80 Å². The molecule has 6 atom stereocenters. The number of pyridine rings is 1. The molecule has 4 heterocycles. The molecule has 4 fully saturated rings. The molecule has 5 rings (SSSR count). The molecule has 0 radical (unpaired) electrons. The lowest BCUT2D eigenvalue weighted by atomic mass is 9.86. The number of likely N-dealkylation sites (tertiary alicyclic amines) is 1. The molecule has 10 heteroatoms. The van der Waals surface area contributed by atoms with Crippen LogP contribution in [0.25, 0.3) is 0 Å². The Balaban J connectivity index is 1.20. The summed E-state index contributed by atoms with van der Waals surface area (Å²) in [5, 5.41) is 3.72. The first-order chi connectivity index (χ1) is 16.2. The number of hydrogen-bond donors (Lipinski definition) is 1. The van der Waals surface area contributed by atoms with Crippen molar-refractivity contribution in [2.75, 3.05) is 38.3 Å². The third kappa shape index (κ3) is 4.40. The van der Waals surface area contributed by atoms with E-state index in [9.17, 15) is 18.0 Å². The molecule has 2 bridgehead atoms. The summed E-state index contributed by atoms with van der Waals surface area (Å²) in [6.45, 7) is 4.44. The van der Waals surface area contributed by atoms with Crippen molar-refractivity contribution < 1.29 is 27.4 Å². The monoisotopic (exact) mass is 482 g/mol. The molecule has 3 aliphatic heterocycles. The predicted molar refractivity (Wildman–Crippen MR) is 119 cm³/mol. The SMILES string of the molecule is CO[C@@H]1COCC[C@@H]1N[C@@H]1CC[C@](C)(C(=O)N2C[C@@H]3C[C@H]2CN3c2cc(C(F)(F)F)ccn2)C1. The zero-order valence-corrected chi connectivity index (χ0v) is 19.7. The number of amides is 1. The van der Waals surface area contributed by atoms with Crippen LogP contribution in [0.1, 0.15) is 44.6 Å². The summed E-state index contributed by atoms with van der Waals surface area (Å²) in [5.41, 5.74) is -1.11. The first-order valence-electron chi connectivity index (χ1n) is 12.2.